The summed E-state index contributed by atoms with van der Waals surface area (Å²) in [5.41, 5.74) is 7.14. The fourth-order valence-corrected chi connectivity index (χ4v) is 3.89. The van der Waals surface area contributed by atoms with Crippen molar-refractivity contribution in [3.63, 3.8) is 0 Å². The Morgan fingerprint density at radius 3 is 2.33 bits per heavy atom. The van der Waals surface area contributed by atoms with Crippen LogP contribution in [0.1, 0.15) is 28.4 Å². The third-order valence-electron chi connectivity index (χ3n) is 5.17. The van der Waals surface area contributed by atoms with Crippen molar-refractivity contribution in [1.82, 2.24) is 0 Å². The Labute approximate surface area is 157 Å². The van der Waals surface area contributed by atoms with Gasteiger partial charge in [-0.25, -0.2) is 0 Å². The summed E-state index contributed by atoms with van der Waals surface area (Å²) in [5, 5.41) is 0.963. The average molecular weight is 354 g/mol. The fourth-order valence-electron chi connectivity index (χ4n) is 3.89. The predicted molar refractivity (Wildman–Crippen MR) is 104 cm³/mol. The number of carbonyl (C=O) groups is 1. The second kappa shape index (κ2) is 6.13. The molecule has 132 valence electrons. The van der Waals surface area contributed by atoms with E-state index in [9.17, 15) is 4.79 Å². The number of hydrogen-bond donors (Lipinski definition) is 0. The van der Waals surface area contributed by atoms with E-state index in [0.29, 0.717) is 0 Å². The van der Waals surface area contributed by atoms with Crippen LogP contribution in [0.15, 0.2) is 77.4 Å². The highest BCUT2D eigenvalue weighted by Crippen LogP contribution is 2.45. The van der Waals surface area contributed by atoms with E-state index in [-0.39, 0.29) is 18.5 Å². The Balaban J connectivity index is 1.44. The summed E-state index contributed by atoms with van der Waals surface area (Å²) in [6.45, 7) is 2.02. The topological polar surface area (TPSA) is 39.4 Å². The minimum Gasteiger partial charge on any atom is -0.464 e. The molecule has 27 heavy (non-hydrogen) atoms. The molecule has 0 spiro atoms. The summed E-state index contributed by atoms with van der Waals surface area (Å²) in [6.07, 6.45) is 1.49. The average Bonchev–Trinajstić information content (AvgIpc) is 3.21. The van der Waals surface area contributed by atoms with Gasteiger partial charge in [0.05, 0.1) is 12.7 Å². The molecule has 1 aliphatic rings. The van der Waals surface area contributed by atoms with Crippen LogP contribution in [0.2, 0.25) is 0 Å². The van der Waals surface area contributed by atoms with Crippen molar-refractivity contribution >= 4 is 16.9 Å². The lowest BCUT2D eigenvalue weighted by Crippen LogP contribution is -2.12. The standard InChI is InChI=1S/C24H18O3/c1-15-10-11-17-16(14-26-22(17)12-15)13-23(25)27-24-20-8-4-2-6-18(20)19-7-3-5-9-21(19)24/h2-12,14,24H,13H2,1H3. The van der Waals surface area contributed by atoms with Gasteiger partial charge in [0.15, 0.2) is 6.10 Å². The highest BCUT2D eigenvalue weighted by molar-refractivity contribution is 5.87. The van der Waals surface area contributed by atoms with E-state index in [4.69, 9.17) is 9.15 Å². The summed E-state index contributed by atoms with van der Waals surface area (Å²) in [7, 11) is 0. The van der Waals surface area contributed by atoms with Gasteiger partial charge in [0.25, 0.3) is 0 Å². The maximum absolute atomic E-state index is 12.7. The molecule has 1 aromatic heterocycles. The number of ether oxygens (including phenoxy) is 1. The number of carbonyl (C=O) groups excluding carboxylic acids is 1. The van der Waals surface area contributed by atoms with Crippen molar-refractivity contribution in [2.24, 2.45) is 0 Å². The third kappa shape index (κ3) is 2.63. The second-order valence-corrected chi connectivity index (χ2v) is 6.98. The third-order valence-corrected chi connectivity index (χ3v) is 5.17. The largest absolute Gasteiger partial charge is 0.464 e. The van der Waals surface area contributed by atoms with E-state index >= 15 is 0 Å². The normalized spacial score (nSPS) is 12.8. The molecule has 0 fully saturated rings. The molecule has 0 unspecified atom stereocenters. The van der Waals surface area contributed by atoms with Gasteiger partial charge >= 0.3 is 5.97 Å². The van der Waals surface area contributed by atoms with Crippen LogP contribution in [0.3, 0.4) is 0 Å². The van der Waals surface area contributed by atoms with Gasteiger partial charge in [0, 0.05) is 22.1 Å². The van der Waals surface area contributed by atoms with Crippen LogP contribution in [0, 0.1) is 6.92 Å². The van der Waals surface area contributed by atoms with Crippen LogP contribution >= 0.6 is 0 Å². The molecule has 5 rings (SSSR count). The lowest BCUT2D eigenvalue weighted by Gasteiger charge is -2.15. The van der Waals surface area contributed by atoms with E-state index < -0.39 is 0 Å². The molecule has 0 bridgehead atoms. The van der Waals surface area contributed by atoms with Crippen LogP contribution in [-0.2, 0) is 16.0 Å². The van der Waals surface area contributed by atoms with Gasteiger partial charge in [-0.2, -0.15) is 0 Å². The molecule has 0 saturated heterocycles. The first-order chi connectivity index (χ1) is 13.2. The Bertz CT molecular complexity index is 1120. The van der Waals surface area contributed by atoms with Gasteiger partial charge in [0.1, 0.15) is 5.58 Å². The minimum atomic E-state index is -0.356. The molecular formula is C24H18O3. The van der Waals surface area contributed by atoms with Crippen LogP contribution in [0.5, 0.6) is 0 Å². The number of aryl methyl sites for hydroxylation is 1. The maximum Gasteiger partial charge on any atom is 0.311 e. The van der Waals surface area contributed by atoms with E-state index in [1.807, 2.05) is 61.5 Å². The lowest BCUT2D eigenvalue weighted by molar-refractivity contribution is -0.146. The number of furan rings is 1. The molecule has 0 saturated carbocycles. The zero-order chi connectivity index (χ0) is 18.4. The molecule has 0 amide bonds. The van der Waals surface area contributed by atoms with Gasteiger partial charge in [0.2, 0.25) is 0 Å². The lowest BCUT2D eigenvalue weighted by atomic mass is 10.1. The molecular weight excluding hydrogens is 336 g/mol. The van der Waals surface area contributed by atoms with E-state index in [1.165, 1.54) is 0 Å². The van der Waals surface area contributed by atoms with Gasteiger partial charge in [-0.15, -0.1) is 0 Å². The van der Waals surface area contributed by atoms with Crippen molar-refractivity contribution in [3.8, 4) is 11.1 Å². The van der Waals surface area contributed by atoms with Crippen LogP contribution < -0.4 is 0 Å². The van der Waals surface area contributed by atoms with Crippen molar-refractivity contribution in [2.45, 2.75) is 19.4 Å². The molecule has 0 aliphatic heterocycles. The van der Waals surface area contributed by atoms with Crippen molar-refractivity contribution in [1.29, 1.82) is 0 Å². The first-order valence-corrected chi connectivity index (χ1v) is 9.05. The molecule has 3 aromatic carbocycles. The highest BCUT2D eigenvalue weighted by atomic mass is 16.5. The highest BCUT2D eigenvalue weighted by Gasteiger charge is 2.31. The number of benzene rings is 3. The zero-order valence-corrected chi connectivity index (χ0v) is 14.9. The van der Waals surface area contributed by atoms with Crippen molar-refractivity contribution in [2.75, 3.05) is 0 Å². The summed E-state index contributed by atoms with van der Waals surface area (Å²) >= 11 is 0. The second-order valence-electron chi connectivity index (χ2n) is 6.98. The number of esters is 1. The molecule has 3 heteroatoms. The first-order valence-electron chi connectivity index (χ1n) is 9.05. The quantitative estimate of drug-likeness (QED) is 0.450. The smallest absolute Gasteiger partial charge is 0.311 e. The van der Waals surface area contributed by atoms with Gasteiger partial charge < -0.3 is 9.15 Å². The van der Waals surface area contributed by atoms with Gasteiger partial charge in [-0.05, 0) is 29.7 Å². The number of rotatable bonds is 3. The summed E-state index contributed by atoms with van der Waals surface area (Å²) in [6, 6.07) is 22.2. The van der Waals surface area contributed by atoms with E-state index in [0.717, 1.165) is 44.3 Å². The fraction of sp³-hybridized carbons (Fsp3) is 0.125. The Morgan fingerprint density at radius 1 is 0.963 bits per heavy atom. The Hall–Kier alpha value is -3.33. The van der Waals surface area contributed by atoms with E-state index in [1.54, 1.807) is 6.26 Å². The van der Waals surface area contributed by atoms with Crippen molar-refractivity contribution < 1.29 is 13.9 Å². The molecule has 1 aliphatic carbocycles. The minimum absolute atomic E-state index is 0.191. The molecule has 1 heterocycles. The monoisotopic (exact) mass is 354 g/mol. The molecule has 3 nitrogen and oxygen atoms in total. The molecule has 0 atom stereocenters. The first kappa shape index (κ1) is 15.9. The van der Waals surface area contributed by atoms with Crippen LogP contribution in [0.4, 0.5) is 0 Å². The summed E-state index contributed by atoms with van der Waals surface area (Å²) < 4.78 is 11.5. The number of hydrogen-bond acceptors (Lipinski definition) is 3. The van der Waals surface area contributed by atoms with Gasteiger partial charge in [-0.1, -0.05) is 60.7 Å². The predicted octanol–water partition coefficient (Wildman–Crippen LogP) is 5.60. The molecule has 4 aromatic rings. The van der Waals surface area contributed by atoms with Crippen LogP contribution in [-0.4, -0.2) is 5.97 Å². The van der Waals surface area contributed by atoms with E-state index in [2.05, 4.69) is 12.1 Å². The molecule has 0 N–H and O–H groups in total. The SMILES string of the molecule is Cc1ccc2c(CC(=O)OC3c4ccccc4-c4ccccc43)coc2c1. The summed E-state index contributed by atoms with van der Waals surface area (Å²) in [5.74, 6) is -0.255. The molecule has 0 radical (unpaired) electrons. The summed E-state index contributed by atoms with van der Waals surface area (Å²) in [4.78, 5) is 12.7. The zero-order valence-electron chi connectivity index (χ0n) is 14.9. The Morgan fingerprint density at radius 2 is 1.63 bits per heavy atom. The van der Waals surface area contributed by atoms with Crippen LogP contribution in [0.25, 0.3) is 22.1 Å². The van der Waals surface area contributed by atoms with Gasteiger partial charge in [-0.3, -0.25) is 4.79 Å². The van der Waals surface area contributed by atoms with Crippen molar-refractivity contribution in [3.05, 3.63) is 95.2 Å². The maximum atomic E-state index is 12.7. The number of fused-ring (bicyclic) bond motifs is 4. The Kier molecular flexibility index (Phi) is 3.61.